The number of hydrazine groups is 1. The number of phenols is 1. The maximum Gasteiger partial charge on any atom is 0.293 e. The third-order valence-corrected chi connectivity index (χ3v) is 5.46. The molecule has 0 saturated carbocycles. The molecule has 1 aromatic heterocycles. The predicted molar refractivity (Wildman–Crippen MR) is 114 cm³/mol. The number of piperidine rings is 1. The van der Waals surface area contributed by atoms with Gasteiger partial charge in [0, 0.05) is 18.1 Å². The van der Waals surface area contributed by atoms with E-state index in [1.54, 1.807) is 53.5 Å². The van der Waals surface area contributed by atoms with E-state index in [1.807, 2.05) is 5.01 Å². The molecule has 1 fully saturated rings. The van der Waals surface area contributed by atoms with E-state index in [2.05, 4.69) is 10.2 Å². The molecule has 1 saturated heterocycles. The number of hydrogen-bond acceptors (Lipinski definition) is 4. The van der Waals surface area contributed by atoms with Crippen molar-refractivity contribution in [2.45, 2.75) is 19.3 Å². The highest BCUT2D eigenvalue weighted by atomic mass is 35.5. The molecule has 0 aliphatic carbocycles. The van der Waals surface area contributed by atoms with Crippen LogP contribution in [0.3, 0.4) is 0 Å². The van der Waals surface area contributed by atoms with Crippen LogP contribution in [0.2, 0.25) is 10.0 Å². The van der Waals surface area contributed by atoms with Crippen LogP contribution in [0.25, 0.3) is 11.3 Å². The molecule has 0 atom stereocenters. The number of H-pyrrole nitrogens is 1. The second kappa shape index (κ2) is 8.45. The number of carbonyl (C=O) groups is 1. The van der Waals surface area contributed by atoms with Gasteiger partial charge < -0.3 is 5.11 Å². The van der Waals surface area contributed by atoms with Gasteiger partial charge in [-0.2, -0.15) is 5.10 Å². The number of amides is 1. The van der Waals surface area contributed by atoms with Crippen molar-refractivity contribution in [2.24, 2.45) is 0 Å². The molecule has 2 N–H and O–H groups in total. The standard InChI is InChI=1S/C21H20Cl2N4O2/c22-15-6-9-20(17(23)12-15)27(26-10-2-1-3-11-26)21(29)19-13-18(24-25-19)14-4-7-16(28)8-5-14/h4-9,12-13,28H,1-3,10-11H2,(H,24,25). The number of phenolic OH excluding ortho intramolecular Hbond substituents is 1. The zero-order valence-electron chi connectivity index (χ0n) is 15.6. The van der Waals surface area contributed by atoms with Crippen LogP contribution in [0.15, 0.2) is 48.5 Å². The van der Waals surface area contributed by atoms with Crippen molar-refractivity contribution in [3.05, 3.63) is 64.3 Å². The third-order valence-electron chi connectivity index (χ3n) is 4.92. The summed E-state index contributed by atoms with van der Waals surface area (Å²) in [7, 11) is 0. The molecule has 6 nitrogen and oxygen atoms in total. The zero-order valence-corrected chi connectivity index (χ0v) is 17.1. The Bertz CT molecular complexity index is 1010. The number of anilines is 1. The van der Waals surface area contributed by atoms with Gasteiger partial charge in [-0.15, -0.1) is 0 Å². The SMILES string of the molecule is O=C(c1cc(-c2ccc(O)cc2)[nH]n1)N(c1ccc(Cl)cc1Cl)N1CCCCC1. The molecular formula is C21H20Cl2N4O2. The number of nitrogens with zero attached hydrogens (tertiary/aromatic N) is 3. The molecule has 2 heterocycles. The Morgan fingerprint density at radius 2 is 1.76 bits per heavy atom. The van der Waals surface area contributed by atoms with Crippen molar-refractivity contribution in [3.63, 3.8) is 0 Å². The summed E-state index contributed by atoms with van der Waals surface area (Å²) >= 11 is 12.5. The average Bonchev–Trinajstić information content (AvgIpc) is 3.21. The summed E-state index contributed by atoms with van der Waals surface area (Å²) in [5, 5.41) is 21.1. The van der Waals surface area contributed by atoms with Crippen LogP contribution in [-0.2, 0) is 0 Å². The normalized spacial score (nSPS) is 14.7. The van der Waals surface area contributed by atoms with E-state index >= 15 is 0 Å². The predicted octanol–water partition coefficient (Wildman–Crippen LogP) is 5.14. The monoisotopic (exact) mass is 430 g/mol. The van der Waals surface area contributed by atoms with Crippen molar-refractivity contribution >= 4 is 34.8 Å². The summed E-state index contributed by atoms with van der Waals surface area (Å²) in [6, 6.07) is 13.5. The minimum Gasteiger partial charge on any atom is -0.508 e. The molecule has 2 aromatic carbocycles. The minimum atomic E-state index is -0.266. The molecule has 1 amide bonds. The minimum absolute atomic E-state index is 0.179. The molecule has 3 aromatic rings. The summed E-state index contributed by atoms with van der Waals surface area (Å²) < 4.78 is 0. The summed E-state index contributed by atoms with van der Waals surface area (Å²) in [6.07, 6.45) is 3.16. The van der Waals surface area contributed by atoms with Gasteiger partial charge in [-0.25, -0.2) is 10.0 Å². The zero-order chi connectivity index (χ0) is 20.4. The highest BCUT2D eigenvalue weighted by molar-refractivity contribution is 6.36. The van der Waals surface area contributed by atoms with Gasteiger partial charge in [-0.05, 0) is 66.9 Å². The van der Waals surface area contributed by atoms with Crippen LogP contribution >= 0.6 is 23.2 Å². The number of aromatic hydroxyl groups is 1. The van der Waals surface area contributed by atoms with Gasteiger partial charge in [0.2, 0.25) is 0 Å². The number of carbonyl (C=O) groups excluding carboxylic acids is 1. The first kappa shape index (κ1) is 19.8. The number of rotatable bonds is 4. The maximum atomic E-state index is 13.5. The fraction of sp³-hybridized carbons (Fsp3) is 0.238. The lowest BCUT2D eigenvalue weighted by molar-refractivity contribution is 0.0867. The Morgan fingerprint density at radius 3 is 2.45 bits per heavy atom. The largest absolute Gasteiger partial charge is 0.508 e. The molecule has 8 heteroatoms. The molecule has 29 heavy (non-hydrogen) atoms. The Kier molecular flexibility index (Phi) is 5.76. The smallest absolute Gasteiger partial charge is 0.293 e. The van der Waals surface area contributed by atoms with E-state index in [0.29, 0.717) is 21.4 Å². The molecule has 1 aliphatic heterocycles. The first-order valence-corrected chi connectivity index (χ1v) is 10.2. The number of aromatic amines is 1. The van der Waals surface area contributed by atoms with E-state index < -0.39 is 0 Å². The van der Waals surface area contributed by atoms with Gasteiger partial charge in [0.1, 0.15) is 5.75 Å². The highest BCUT2D eigenvalue weighted by Crippen LogP contribution is 2.32. The fourth-order valence-electron chi connectivity index (χ4n) is 3.45. The third kappa shape index (κ3) is 4.24. The number of nitrogens with one attached hydrogen (secondary N) is 1. The van der Waals surface area contributed by atoms with Gasteiger partial charge >= 0.3 is 0 Å². The fourth-order valence-corrected chi connectivity index (χ4v) is 3.94. The van der Waals surface area contributed by atoms with Crippen LogP contribution in [0, 0.1) is 0 Å². The number of aromatic nitrogens is 2. The maximum absolute atomic E-state index is 13.5. The van der Waals surface area contributed by atoms with E-state index in [4.69, 9.17) is 23.2 Å². The summed E-state index contributed by atoms with van der Waals surface area (Å²) in [5.41, 5.74) is 2.37. The summed E-state index contributed by atoms with van der Waals surface area (Å²) in [5.74, 6) is -0.0874. The van der Waals surface area contributed by atoms with E-state index in [1.165, 1.54) is 0 Å². The van der Waals surface area contributed by atoms with E-state index in [0.717, 1.165) is 37.9 Å². The number of hydrogen-bond donors (Lipinski definition) is 2. The molecule has 1 aliphatic rings. The molecule has 150 valence electrons. The van der Waals surface area contributed by atoms with Crippen molar-refractivity contribution in [3.8, 4) is 17.0 Å². The first-order chi connectivity index (χ1) is 14.0. The van der Waals surface area contributed by atoms with Crippen LogP contribution in [0.1, 0.15) is 29.8 Å². The quantitative estimate of drug-likeness (QED) is 0.600. The summed E-state index contributed by atoms with van der Waals surface area (Å²) in [4.78, 5) is 13.5. The van der Waals surface area contributed by atoms with Crippen LogP contribution < -0.4 is 5.01 Å². The molecule has 0 radical (unpaired) electrons. The molecule has 0 bridgehead atoms. The van der Waals surface area contributed by atoms with E-state index in [-0.39, 0.29) is 17.4 Å². The van der Waals surface area contributed by atoms with Crippen molar-refractivity contribution < 1.29 is 9.90 Å². The summed E-state index contributed by atoms with van der Waals surface area (Å²) in [6.45, 7) is 1.53. The second-order valence-corrected chi connectivity index (χ2v) is 7.78. The van der Waals surface area contributed by atoms with Crippen LogP contribution in [0.4, 0.5) is 5.69 Å². The van der Waals surface area contributed by atoms with Gasteiger partial charge in [-0.1, -0.05) is 29.6 Å². The van der Waals surface area contributed by atoms with Crippen LogP contribution in [0.5, 0.6) is 5.75 Å². The highest BCUT2D eigenvalue weighted by Gasteiger charge is 2.29. The molecular weight excluding hydrogens is 411 g/mol. The average molecular weight is 431 g/mol. The Hall–Kier alpha value is -2.54. The van der Waals surface area contributed by atoms with E-state index in [9.17, 15) is 9.90 Å². The Labute approximate surface area is 178 Å². The van der Waals surface area contributed by atoms with Gasteiger partial charge in [-0.3, -0.25) is 9.89 Å². The topological polar surface area (TPSA) is 72.5 Å². The lowest BCUT2D eigenvalue weighted by atomic mass is 10.1. The van der Waals surface area contributed by atoms with Crippen molar-refractivity contribution in [1.82, 2.24) is 15.2 Å². The lowest BCUT2D eigenvalue weighted by Crippen LogP contribution is -2.49. The van der Waals surface area contributed by atoms with Crippen LogP contribution in [-0.4, -0.2) is 39.3 Å². The Balaban J connectivity index is 1.69. The van der Waals surface area contributed by atoms with Gasteiger partial charge in [0.25, 0.3) is 5.91 Å². The van der Waals surface area contributed by atoms with Gasteiger partial charge in [0.05, 0.1) is 16.4 Å². The van der Waals surface area contributed by atoms with Crippen molar-refractivity contribution in [1.29, 1.82) is 0 Å². The molecule has 0 unspecified atom stereocenters. The Morgan fingerprint density at radius 1 is 1.03 bits per heavy atom. The molecule has 4 rings (SSSR count). The number of halogens is 2. The van der Waals surface area contributed by atoms with Gasteiger partial charge in [0.15, 0.2) is 5.69 Å². The lowest BCUT2D eigenvalue weighted by Gasteiger charge is -2.37. The molecule has 0 spiro atoms. The second-order valence-electron chi connectivity index (χ2n) is 6.94. The number of benzene rings is 2. The first-order valence-electron chi connectivity index (χ1n) is 9.42. The van der Waals surface area contributed by atoms with Crippen molar-refractivity contribution in [2.75, 3.05) is 18.1 Å².